The fourth-order valence-corrected chi connectivity index (χ4v) is 3.35. The van der Waals surface area contributed by atoms with E-state index in [2.05, 4.69) is 34.1 Å². The number of benzene rings is 2. The molecule has 2 aromatic rings. The number of carbonyl (C=O) groups excluding carboxylic acids is 2. The standard InChI is InChI=1S/C18H20FN5O4S3/c19-11-1-3-13(4-2-11)22-18(30)24-23-16(26)9-14(25)10-17(29)21-12-5-7-15(8-6-12)31(20,27)28/h1-8,17,21,29H,9-10H2,(H,23,26)(H2,20,27,28)(H2,22,24,30). The van der Waals surface area contributed by atoms with Gasteiger partial charge in [0.25, 0.3) is 0 Å². The van der Waals surface area contributed by atoms with Crippen LogP contribution in [0.3, 0.4) is 0 Å². The van der Waals surface area contributed by atoms with Crippen LogP contribution in [0.25, 0.3) is 0 Å². The Balaban J connectivity index is 1.72. The van der Waals surface area contributed by atoms with Crippen molar-refractivity contribution in [2.24, 2.45) is 5.14 Å². The van der Waals surface area contributed by atoms with Crippen LogP contribution in [0.2, 0.25) is 0 Å². The zero-order valence-electron chi connectivity index (χ0n) is 16.0. The van der Waals surface area contributed by atoms with Gasteiger partial charge in [0, 0.05) is 17.8 Å². The van der Waals surface area contributed by atoms with E-state index in [1.165, 1.54) is 48.5 Å². The third-order valence-electron chi connectivity index (χ3n) is 3.71. The number of amides is 1. The van der Waals surface area contributed by atoms with Crippen molar-refractivity contribution < 1.29 is 22.4 Å². The molecular formula is C18H20FN5O4S3. The Bertz CT molecular complexity index is 1050. The van der Waals surface area contributed by atoms with Gasteiger partial charge in [-0.15, -0.1) is 0 Å². The highest BCUT2D eigenvalue weighted by Crippen LogP contribution is 2.16. The summed E-state index contributed by atoms with van der Waals surface area (Å²) in [6, 6.07) is 11.0. The lowest BCUT2D eigenvalue weighted by Crippen LogP contribution is -2.44. The molecule has 0 aromatic heterocycles. The van der Waals surface area contributed by atoms with Crippen molar-refractivity contribution in [1.29, 1.82) is 0 Å². The maximum absolute atomic E-state index is 12.9. The van der Waals surface area contributed by atoms with E-state index >= 15 is 0 Å². The average molecular weight is 486 g/mol. The molecule has 6 N–H and O–H groups in total. The van der Waals surface area contributed by atoms with Crippen molar-refractivity contribution in [3.8, 4) is 0 Å². The first-order valence-corrected chi connectivity index (χ1v) is 11.2. The monoisotopic (exact) mass is 485 g/mol. The molecule has 1 unspecified atom stereocenters. The van der Waals surface area contributed by atoms with E-state index in [9.17, 15) is 22.4 Å². The molecule has 0 saturated carbocycles. The van der Waals surface area contributed by atoms with Crippen LogP contribution in [0.4, 0.5) is 15.8 Å². The number of nitrogens with one attached hydrogen (secondary N) is 4. The van der Waals surface area contributed by atoms with Crippen molar-refractivity contribution in [2.75, 3.05) is 10.6 Å². The van der Waals surface area contributed by atoms with Gasteiger partial charge in [0.1, 0.15) is 11.6 Å². The Morgan fingerprint density at radius 1 is 1.03 bits per heavy atom. The third kappa shape index (κ3) is 8.88. The van der Waals surface area contributed by atoms with Crippen LogP contribution < -0.4 is 26.6 Å². The molecule has 0 heterocycles. The Morgan fingerprint density at radius 2 is 1.61 bits per heavy atom. The molecule has 0 spiro atoms. The van der Waals surface area contributed by atoms with Gasteiger partial charge in [-0.2, -0.15) is 12.6 Å². The molecule has 0 bridgehead atoms. The number of halogens is 1. The molecule has 0 radical (unpaired) electrons. The van der Waals surface area contributed by atoms with Gasteiger partial charge in [0.05, 0.1) is 16.7 Å². The van der Waals surface area contributed by atoms with Crippen LogP contribution in [-0.4, -0.2) is 30.6 Å². The molecule has 0 fully saturated rings. The number of anilines is 2. The maximum Gasteiger partial charge on any atom is 0.245 e. The van der Waals surface area contributed by atoms with E-state index in [1.54, 1.807) is 0 Å². The second-order valence-electron chi connectivity index (χ2n) is 6.28. The second kappa shape index (κ2) is 11.0. The predicted octanol–water partition coefficient (Wildman–Crippen LogP) is 1.51. The number of nitrogens with two attached hydrogens (primary N) is 1. The molecule has 9 nitrogen and oxygen atoms in total. The number of hydrogen-bond donors (Lipinski definition) is 6. The largest absolute Gasteiger partial charge is 0.373 e. The highest BCUT2D eigenvalue weighted by atomic mass is 32.2. The molecule has 13 heteroatoms. The minimum Gasteiger partial charge on any atom is -0.373 e. The number of hydrogen-bond acceptors (Lipinski definition) is 7. The highest BCUT2D eigenvalue weighted by Gasteiger charge is 2.15. The zero-order valence-corrected chi connectivity index (χ0v) is 18.5. The van der Waals surface area contributed by atoms with Gasteiger partial charge < -0.3 is 10.6 Å². The number of rotatable bonds is 8. The van der Waals surface area contributed by atoms with Gasteiger partial charge in [-0.1, -0.05) is 0 Å². The zero-order chi connectivity index (χ0) is 23.0. The number of thiol groups is 1. The molecule has 0 saturated heterocycles. The molecule has 31 heavy (non-hydrogen) atoms. The van der Waals surface area contributed by atoms with Gasteiger partial charge in [-0.25, -0.2) is 17.9 Å². The number of ketones is 1. The lowest BCUT2D eigenvalue weighted by atomic mass is 10.2. The lowest BCUT2D eigenvalue weighted by Gasteiger charge is -2.14. The molecule has 2 aromatic carbocycles. The van der Waals surface area contributed by atoms with E-state index in [0.29, 0.717) is 11.4 Å². The Hall–Kier alpha value is -2.74. The quantitative estimate of drug-likeness (QED) is 0.109. The van der Waals surface area contributed by atoms with Crippen molar-refractivity contribution in [1.82, 2.24) is 10.9 Å². The molecule has 0 aliphatic heterocycles. The average Bonchev–Trinajstić information content (AvgIpc) is 2.67. The van der Waals surface area contributed by atoms with Crippen molar-refractivity contribution >= 4 is 63.0 Å². The van der Waals surface area contributed by atoms with Crippen molar-refractivity contribution in [3.63, 3.8) is 0 Å². The number of carbonyl (C=O) groups is 2. The van der Waals surface area contributed by atoms with Crippen LogP contribution in [0.1, 0.15) is 12.8 Å². The molecule has 166 valence electrons. The summed E-state index contributed by atoms with van der Waals surface area (Å²) in [6.07, 6.45) is -0.471. The van der Waals surface area contributed by atoms with E-state index in [1.807, 2.05) is 0 Å². The van der Waals surface area contributed by atoms with Crippen molar-refractivity contribution in [2.45, 2.75) is 23.1 Å². The predicted molar refractivity (Wildman–Crippen MR) is 122 cm³/mol. The maximum atomic E-state index is 12.9. The molecule has 1 amide bonds. The number of Topliss-reactive ketones (excluding diaryl/α,β-unsaturated/α-hetero) is 1. The van der Waals surface area contributed by atoms with Crippen LogP contribution >= 0.6 is 24.8 Å². The van der Waals surface area contributed by atoms with E-state index in [-0.39, 0.29) is 22.2 Å². The number of primary sulfonamides is 1. The summed E-state index contributed by atoms with van der Waals surface area (Å²) in [5, 5.41) is 10.1. The fraction of sp³-hybridized carbons (Fsp3) is 0.167. The van der Waals surface area contributed by atoms with Gasteiger partial charge in [0.2, 0.25) is 15.9 Å². The molecule has 0 aliphatic rings. The minimum atomic E-state index is -3.79. The van der Waals surface area contributed by atoms with Gasteiger partial charge in [0.15, 0.2) is 5.11 Å². The van der Waals surface area contributed by atoms with Gasteiger partial charge in [-0.05, 0) is 60.7 Å². The van der Waals surface area contributed by atoms with Crippen LogP contribution in [-0.2, 0) is 19.6 Å². The highest BCUT2D eigenvalue weighted by molar-refractivity contribution is 7.89. The summed E-state index contributed by atoms with van der Waals surface area (Å²) in [6.45, 7) is 0. The SMILES string of the molecule is NS(=O)(=O)c1ccc(NC(S)CC(=O)CC(=O)NNC(=S)Nc2ccc(F)cc2)cc1. The molecule has 0 aliphatic carbocycles. The Labute approximate surface area is 189 Å². The second-order valence-corrected chi connectivity index (χ2v) is 8.88. The lowest BCUT2D eigenvalue weighted by molar-refractivity contribution is -0.128. The van der Waals surface area contributed by atoms with Crippen LogP contribution in [0.5, 0.6) is 0 Å². The summed E-state index contributed by atoms with van der Waals surface area (Å²) in [7, 11) is -3.79. The smallest absolute Gasteiger partial charge is 0.245 e. The van der Waals surface area contributed by atoms with Gasteiger partial charge in [-0.3, -0.25) is 20.4 Å². The van der Waals surface area contributed by atoms with Crippen LogP contribution in [0, 0.1) is 5.82 Å². The summed E-state index contributed by atoms with van der Waals surface area (Å²) in [4.78, 5) is 23.9. The fourth-order valence-electron chi connectivity index (χ4n) is 2.32. The van der Waals surface area contributed by atoms with Crippen molar-refractivity contribution in [3.05, 3.63) is 54.3 Å². The summed E-state index contributed by atoms with van der Waals surface area (Å²) in [5.74, 6) is -1.38. The Morgan fingerprint density at radius 3 is 2.19 bits per heavy atom. The first-order valence-electron chi connectivity index (χ1n) is 8.73. The summed E-state index contributed by atoms with van der Waals surface area (Å²) in [5.41, 5.74) is 5.78. The van der Waals surface area contributed by atoms with E-state index in [4.69, 9.17) is 17.4 Å². The Kier molecular flexibility index (Phi) is 8.74. The normalized spacial score (nSPS) is 11.8. The van der Waals surface area contributed by atoms with Crippen LogP contribution in [0.15, 0.2) is 53.4 Å². The van der Waals surface area contributed by atoms with Gasteiger partial charge >= 0.3 is 0 Å². The first kappa shape index (κ1) is 24.5. The first-order chi connectivity index (χ1) is 14.5. The third-order valence-corrected chi connectivity index (χ3v) is 5.16. The summed E-state index contributed by atoms with van der Waals surface area (Å²) < 4.78 is 35.4. The van der Waals surface area contributed by atoms with E-state index in [0.717, 1.165) is 0 Å². The molecule has 1 atom stereocenters. The summed E-state index contributed by atoms with van der Waals surface area (Å²) >= 11 is 9.25. The number of thiocarbonyl (C=S) groups is 1. The van der Waals surface area contributed by atoms with E-state index < -0.39 is 33.5 Å². The molecular weight excluding hydrogens is 465 g/mol. The number of sulfonamides is 1. The minimum absolute atomic E-state index is 0.0409. The molecule has 2 rings (SSSR count). The number of hydrazine groups is 1. The topological polar surface area (TPSA) is 142 Å².